The molecule has 0 saturated heterocycles. The lowest BCUT2D eigenvalue weighted by atomic mass is 10.1. The van der Waals surface area contributed by atoms with Crippen LogP contribution in [0.2, 0.25) is 0 Å². The van der Waals surface area contributed by atoms with Crippen LogP contribution in [0.4, 0.5) is 10.5 Å². The van der Waals surface area contributed by atoms with Gasteiger partial charge in [0.05, 0.1) is 25.0 Å². The van der Waals surface area contributed by atoms with Crippen molar-refractivity contribution in [3.8, 4) is 17.1 Å². The van der Waals surface area contributed by atoms with E-state index in [1.807, 2.05) is 30.3 Å². The maximum absolute atomic E-state index is 12.3. The maximum Gasteiger partial charge on any atom is 0.412 e. The van der Waals surface area contributed by atoms with Crippen molar-refractivity contribution in [3.05, 3.63) is 66.0 Å². The van der Waals surface area contributed by atoms with Gasteiger partial charge in [-0.05, 0) is 18.6 Å². The molecule has 8 nitrogen and oxygen atoms in total. The molecule has 0 saturated carbocycles. The number of methoxy groups -OCH3 is 1. The molecule has 2 aromatic heterocycles. The summed E-state index contributed by atoms with van der Waals surface area (Å²) in [6, 6.07) is 12.6. The van der Waals surface area contributed by atoms with Crippen LogP contribution >= 0.6 is 0 Å². The van der Waals surface area contributed by atoms with Gasteiger partial charge in [-0.3, -0.25) is 5.32 Å². The molecule has 0 atom stereocenters. The third-order valence-electron chi connectivity index (χ3n) is 4.02. The first-order valence-electron chi connectivity index (χ1n) is 8.99. The Morgan fingerprint density at radius 1 is 1.07 bits per heavy atom. The predicted octanol–water partition coefficient (Wildman–Crippen LogP) is 4.01. The van der Waals surface area contributed by atoms with Crippen LogP contribution in [0.5, 0.6) is 5.88 Å². The van der Waals surface area contributed by atoms with Gasteiger partial charge in [0.2, 0.25) is 5.88 Å². The van der Waals surface area contributed by atoms with Crippen LogP contribution in [0.25, 0.3) is 11.3 Å². The van der Waals surface area contributed by atoms with Crippen LogP contribution in [0, 0.1) is 0 Å². The molecule has 1 amide bonds. The average molecular weight is 395 g/mol. The monoisotopic (exact) mass is 395 g/mol. The zero-order valence-corrected chi connectivity index (χ0v) is 16.1. The Balaban J connectivity index is 1.84. The number of nitrogens with one attached hydrogen (secondary N) is 2. The normalized spacial score (nSPS) is 10.3. The summed E-state index contributed by atoms with van der Waals surface area (Å²) in [5, 5.41) is 2.67. The Morgan fingerprint density at radius 2 is 1.86 bits per heavy atom. The van der Waals surface area contributed by atoms with Crippen molar-refractivity contribution in [1.82, 2.24) is 9.97 Å². The van der Waals surface area contributed by atoms with E-state index in [-0.39, 0.29) is 13.2 Å². The van der Waals surface area contributed by atoms with E-state index in [0.29, 0.717) is 28.4 Å². The zero-order valence-electron chi connectivity index (χ0n) is 16.1. The topological polar surface area (TPSA) is 103 Å². The lowest BCUT2D eigenvalue weighted by molar-refractivity contribution is 0.0527. The van der Waals surface area contributed by atoms with Gasteiger partial charge in [0.1, 0.15) is 12.3 Å². The van der Waals surface area contributed by atoms with Gasteiger partial charge in [0.25, 0.3) is 0 Å². The molecule has 29 heavy (non-hydrogen) atoms. The SMILES string of the molecule is CCOC(=O)c1c[nH]cc1-c1nc(OC)ccc1NC(=O)OCc1ccccc1. The Bertz CT molecular complexity index is 985. The number of rotatable bonds is 7. The van der Waals surface area contributed by atoms with Gasteiger partial charge >= 0.3 is 12.1 Å². The number of anilines is 1. The second-order valence-corrected chi connectivity index (χ2v) is 5.94. The summed E-state index contributed by atoms with van der Waals surface area (Å²) in [7, 11) is 1.48. The Labute approximate surface area is 167 Å². The number of H-pyrrole nitrogens is 1. The van der Waals surface area contributed by atoms with Gasteiger partial charge in [0.15, 0.2) is 0 Å². The number of benzene rings is 1. The first-order chi connectivity index (χ1) is 14.1. The second-order valence-electron chi connectivity index (χ2n) is 5.94. The second kappa shape index (κ2) is 9.41. The lowest BCUT2D eigenvalue weighted by Gasteiger charge is -2.12. The predicted molar refractivity (Wildman–Crippen MR) is 107 cm³/mol. The Kier molecular flexibility index (Phi) is 6.47. The number of hydrogen-bond donors (Lipinski definition) is 2. The number of esters is 1. The van der Waals surface area contributed by atoms with E-state index >= 15 is 0 Å². The van der Waals surface area contributed by atoms with Crippen LogP contribution < -0.4 is 10.1 Å². The number of aromatic amines is 1. The summed E-state index contributed by atoms with van der Waals surface area (Å²) in [5.41, 5.74) is 2.36. The highest BCUT2D eigenvalue weighted by Crippen LogP contribution is 2.31. The quantitative estimate of drug-likeness (QED) is 0.586. The fraction of sp³-hybridized carbons (Fsp3) is 0.190. The van der Waals surface area contributed by atoms with Crippen molar-refractivity contribution in [2.24, 2.45) is 0 Å². The number of aromatic nitrogens is 2. The molecule has 3 rings (SSSR count). The molecular formula is C21H21N3O5. The molecular weight excluding hydrogens is 374 g/mol. The molecule has 8 heteroatoms. The van der Waals surface area contributed by atoms with E-state index in [2.05, 4.69) is 15.3 Å². The van der Waals surface area contributed by atoms with E-state index < -0.39 is 12.1 Å². The standard InChI is InChI=1S/C21H21N3O5/c1-3-28-20(25)16-12-22-11-15(16)19-17(9-10-18(24-19)27-2)23-21(26)29-13-14-7-5-4-6-8-14/h4-12,22H,3,13H2,1-2H3,(H,23,26). The fourth-order valence-corrected chi connectivity index (χ4v) is 2.67. The van der Waals surface area contributed by atoms with Gasteiger partial charge in [-0.25, -0.2) is 14.6 Å². The number of pyridine rings is 1. The Hall–Kier alpha value is -3.81. The molecule has 0 spiro atoms. The highest BCUT2D eigenvalue weighted by Gasteiger charge is 2.20. The van der Waals surface area contributed by atoms with Crippen LogP contribution in [-0.4, -0.2) is 35.7 Å². The third-order valence-corrected chi connectivity index (χ3v) is 4.02. The number of amides is 1. The molecule has 0 radical (unpaired) electrons. The molecule has 150 valence electrons. The highest BCUT2D eigenvalue weighted by atomic mass is 16.5. The van der Waals surface area contributed by atoms with Crippen LogP contribution in [0.1, 0.15) is 22.8 Å². The molecule has 0 aliphatic carbocycles. The molecule has 0 fully saturated rings. The van der Waals surface area contributed by atoms with E-state index in [1.54, 1.807) is 25.3 Å². The van der Waals surface area contributed by atoms with Crippen molar-refractivity contribution < 1.29 is 23.8 Å². The van der Waals surface area contributed by atoms with E-state index in [1.165, 1.54) is 13.3 Å². The zero-order chi connectivity index (χ0) is 20.6. The van der Waals surface area contributed by atoms with Crippen molar-refractivity contribution in [3.63, 3.8) is 0 Å². The minimum Gasteiger partial charge on any atom is -0.481 e. The molecule has 1 aromatic carbocycles. The number of hydrogen-bond acceptors (Lipinski definition) is 6. The largest absolute Gasteiger partial charge is 0.481 e. The van der Waals surface area contributed by atoms with E-state index in [9.17, 15) is 9.59 Å². The number of carbonyl (C=O) groups excluding carboxylic acids is 2. The summed E-state index contributed by atoms with van der Waals surface area (Å²) in [5.74, 6) is -0.162. The Morgan fingerprint density at radius 3 is 2.59 bits per heavy atom. The summed E-state index contributed by atoms with van der Waals surface area (Å²) in [6.07, 6.45) is 2.48. The van der Waals surface area contributed by atoms with Gasteiger partial charge in [-0.2, -0.15) is 0 Å². The summed E-state index contributed by atoms with van der Waals surface area (Å²) >= 11 is 0. The van der Waals surface area contributed by atoms with E-state index in [0.717, 1.165) is 5.56 Å². The molecule has 0 aliphatic heterocycles. The fourth-order valence-electron chi connectivity index (χ4n) is 2.67. The molecule has 2 N–H and O–H groups in total. The van der Waals surface area contributed by atoms with Crippen molar-refractivity contribution in [2.45, 2.75) is 13.5 Å². The van der Waals surface area contributed by atoms with Crippen LogP contribution in [0.15, 0.2) is 54.9 Å². The summed E-state index contributed by atoms with van der Waals surface area (Å²) in [6.45, 7) is 2.10. The van der Waals surface area contributed by atoms with Gasteiger partial charge < -0.3 is 19.2 Å². The highest BCUT2D eigenvalue weighted by molar-refractivity contribution is 6.00. The number of ether oxygens (including phenoxy) is 3. The molecule has 3 aromatic rings. The van der Waals surface area contributed by atoms with Crippen LogP contribution in [-0.2, 0) is 16.1 Å². The van der Waals surface area contributed by atoms with Crippen LogP contribution in [0.3, 0.4) is 0 Å². The minimum atomic E-state index is -0.643. The van der Waals surface area contributed by atoms with Crippen molar-refractivity contribution >= 4 is 17.7 Å². The maximum atomic E-state index is 12.3. The minimum absolute atomic E-state index is 0.129. The third kappa shape index (κ3) is 4.92. The molecule has 0 unspecified atom stereocenters. The lowest BCUT2D eigenvalue weighted by Crippen LogP contribution is -2.15. The molecule has 0 bridgehead atoms. The molecule has 2 heterocycles. The number of carbonyl (C=O) groups is 2. The van der Waals surface area contributed by atoms with Crippen molar-refractivity contribution in [2.75, 3.05) is 19.0 Å². The number of nitrogens with zero attached hydrogens (tertiary/aromatic N) is 1. The molecule has 0 aliphatic rings. The van der Waals surface area contributed by atoms with E-state index in [4.69, 9.17) is 14.2 Å². The van der Waals surface area contributed by atoms with Gasteiger partial charge in [-0.1, -0.05) is 30.3 Å². The first-order valence-corrected chi connectivity index (χ1v) is 8.99. The van der Waals surface area contributed by atoms with Crippen molar-refractivity contribution in [1.29, 1.82) is 0 Å². The van der Waals surface area contributed by atoms with Gasteiger partial charge in [0, 0.05) is 24.0 Å². The summed E-state index contributed by atoms with van der Waals surface area (Å²) in [4.78, 5) is 31.8. The summed E-state index contributed by atoms with van der Waals surface area (Å²) < 4.78 is 15.5. The van der Waals surface area contributed by atoms with Gasteiger partial charge in [-0.15, -0.1) is 0 Å². The first kappa shape index (κ1) is 19.9. The smallest absolute Gasteiger partial charge is 0.412 e. The average Bonchev–Trinajstić information content (AvgIpc) is 3.23.